The Hall–Kier alpha value is -2.45. The lowest BCUT2D eigenvalue weighted by Gasteiger charge is -2.29. The Balaban J connectivity index is 1.63. The van der Waals surface area contributed by atoms with E-state index in [2.05, 4.69) is 55.7 Å². The van der Waals surface area contributed by atoms with Crippen LogP contribution in [-0.4, -0.2) is 51.0 Å². The van der Waals surface area contributed by atoms with Gasteiger partial charge in [0.25, 0.3) is 5.91 Å². The van der Waals surface area contributed by atoms with Gasteiger partial charge in [0.15, 0.2) is 18.1 Å². The van der Waals surface area contributed by atoms with Gasteiger partial charge in [0.2, 0.25) is 0 Å². The normalized spacial score (nSPS) is 14.0. The molecule has 1 fully saturated rings. The molecule has 1 aliphatic heterocycles. The first kappa shape index (κ1) is 25.2. The quantitative estimate of drug-likeness (QED) is 0.504. The standard InChI is InChI=1S/C25H34BrN3O4/c1-5-32-22-14-18(21(26)15-23(22)33-17-24(30)28-25(2,3)4)16-27-19-6-8-20(9-7-19)29-10-12-31-13-11-29/h6-9,14-15,27H,5,10-13,16-17H2,1-4H3,(H,28,30). The number of halogens is 1. The zero-order valence-electron chi connectivity index (χ0n) is 19.9. The third-order valence-corrected chi connectivity index (χ3v) is 5.75. The lowest BCUT2D eigenvalue weighted by molar-refractivity contribution is -0.124. The molecule has 0 radical (unpaired) electrons. The van der Waals surface area contributed by atoms with E-state index in [9.17, 15) is 4.79 Å². The van der Waals surface area contributed by atoms with Gasteiger partial charge in [0.05, 0.1) is 19.8 Å². The van der Waals surface area contributed by atoms with E-state index in [1.165, 1.54) is 5.69 Å². The van der Waals surface area contributed by atoms with Gasteiger partial charge in [0, 0.05) is 41.0 Å². The van der Waals surface area contributed by atoms with Crippen LogP contribution in [0.1, 0.15) is 33.3 Å². The molecule has 0 aromatic heterocycles. The zero-order chi connectivity index (χ0) is 23.8. The topological polar surface area (TPSA) is 72.1 Å². The molecule has 1 heterocycles. The smallest absolute Gasteiger partial charge is 0.258 e. The fourth-order valence-electron chi connectivity index (χ4n) is 3.50. The van der Waals surface area contributed by atoms with Gasteiger partial charge in [-0.3, -0.25) is 4.79 Å². The van der Waals surface area contributed by atoms with Crippen LogP contribution in [0, 0.1) is 0 Å². The highest BCUT2D eigenvalue weighted by atomic mass is 79.9. The highest BCUT2D eigenvalue weighted by molar-refractivity contribution is 9.10. The van der Waals surface area contributed by atoms with Crippen molar-refractivity contribution in [3.8, 4) is 11.5 Å². The van der Waals surface area contributed by atoms with Crippen molar-refractivity contribution in [3.63, 3.8) is 0 Å². The largest absolute Gasteiger partial charge is 0.490 e. The number of hydrogen-bond donors (Lipinski definition) is 2. The molecule has 180 valence electrons. The number of hydrogen-bond acceptors (Lipinski definition) is 6. The molecular weight excluding hydrogens is 486 g/mol. The van der Waals surface area contributed by atoms with Crippen LogP contribution in [0.25, 0.3) is 0 Å². The molecule has 2 aromatic rings. The lowest BCUT2D eigenvalue weighted by Crippen LogP contribution is -2.43. The van der Waals surface area contributed by atoms with Gasteiger partial charge < -0.3 is 29.7 Å². The number of carbonyl (C=O) groups excluding carboxylic acids is 1. The van der Waals surface area contributed by atoms with E-state index in [-0.39, 0.29) is 18.1 Å². The molecule has 33 heavy (non-hydrogen) atoms. The molecule has 0 saturated carbocycles. The van der Waals surface area contributed by atoms with Crippen LogP contribution in [0.3, 0.4) is 0 Å². The summed E-state index contributed by atoms with van der Waals surface area (Å²) in [5.74, 6) is 0.975. The maximum atomic E-state index is 12.1. The average molecular weight is 520 g/mol. The SMILES string of the molecule is CCOc1cc(CNc2ccc(N3CCOCC3)cc2)c(Br)cc1OCC(=O)NC(C)(C)C. The van der Waals surface area contributed by atoms with Gasteiger partial charge in [-0.2, -0.15) is 0 Å². The second-order valence-electron chi connectivity index (χ2n) is 8.91. The molecule has 0 spiro atoms. The van der Waals surface area contributed by atoms with Crippen LogP contribution in [-0.2, 0) is 16.1 Å². The van der Waals surface area contributed by atoms with Gasteiger partial charge in [-0.25, -0.2) is 0 Å². The summed E-state index contributed by atoms with van der Waals surface area (Å²) >= 11 is 3.63. The number of ether oxygens (including phenoxy) is 3. The zero-order valence-corrected chi connectivity index (χ0v) is 21.5. The van der Waals surface area contributed by atoms with Crippen molar-refractivity contribution in [2.45, 2.75) is 39.8 Å². The highest BCUT2D eigenvalue weighted by Gasteiger charge is 2.17. The maximum Gasteiger partial charge on any atom is 0.258 e. The fourth-order valence-corrected chi connectivity index (χ4v) is 3.96. The third-order valence-electron chi connectivity index (χ3n) is 5.01. The molecule has 3 rings (SSSR count). The first-order valence-electron chi connectivity index (χ1n) is 11.3. The third kappa shape index (κ3) is 7.82. The average Bonchev–Trinajstić information content (AvgIpc) is 2.78. The Morgan fingerprint density at radius 2 is 1.76 bits per heavy atom. The van der Waals surface area contributed by atoms with Crippen LogP contribution in [0.4, 0.5) is 11.4 Å². The first-order chi connectivity index (χ1) is 15.7. The number of anilines is 2. The first-order valence-corrected chi connectivity index (χ1v) is 12.1. The Morgan fingerprint density at radius 3 is 2.39 bits per heavy atom. The molecular formula is C25H34BrN3O4. The van der Waals surface area contributed by atoms with Crippen LogP contribution in [0.15, 0.2) is 40.9 Å². The van der Waals surface area contributed by atoms with E-state index < -0.39 is 0 Å². The molecule has 0 aliphatic carbocycles. The van der Waals surface area contributed by atoms with E-state index in [0.717, 1.165) is 42.0 Å². The molecule has 7 nitrogen and oxygen atoms in total. The minimum Gasteiger partial charge on any atom is -0.490 e. The van der Waals surface area contributed by atoms with Crippen molar-refractivity contribution >= 4 is 33.2 Å². The molecule has 1 amide bonds. The molecule has 1 aliphatic rings. The van der Waals surface area contributed by atoms with Crippen LogP contribution >= 0.6 is 15.9 Å². The predicted octanol–water partition coefficient (Wildman–Crippen LogP) is 4.59. The minimum absolute atomic E-state index is 0.0725. The van der Waals surface area contributed by atoms with Crippen molar-refractivity contribution in [1.29, 1.82) is 0 Å². The number of rotatable bonds is 9. The fraction of sp³-hybridized carbons (Fsp3) is 0.480. The van der Waals surface area contributed by atoms with Gasteiger partial charge in [-0.05, 0) is 69.7 Å². The number of benzene rings is 2. The monoisotopic (exact) mass is 519 g/mol. The van der Waals surface area contributed by atoms with Crippen molar-refractivity contribution in [2.24, 2.45) is 0 Å². The summed E-state index contributed by atoms with van der Waals surface area (Å²) in [6, 6.07) is 12.2. The van der Waals surface area contributed by atoms with Crippen molar-refractivity contribution < 1.29 is 19.0 Å². The van der Waals surface area contributed by atoms with E-state index >= 15 is 0 Å². The van der Waals surface area contributed by atoms with Crippen molar-refractivity contribution in [1.82, 2.24) is 5.32 Å². The van der Waals surface area contributed by atoms with Gasteiger partial charge in [-0.1, -0.05) is 15.9 Å². The highest BCUT2D eigenvalue weighted by Crippen LogP contribution is 2.34. The second kappa shape index (κ2) is 11.6. The molecule has 1 saturated heterocycles. The van der Waals surface area contributed by atoms with Crippen LogP contribution in [0.2, 0.25) is 0 Å². The molecule has 8 heteroatoms. The summed E-state index contributed by atoms with van der Waals surface area (Å²) in [4.78, 5) is 14.5. The van der Waals surface area contributed by atoms with Crippen molar-refractivity contribution in [3.05, 3.63) is 46.4 Å². The summed E-state index contributed by atoms with van der Waals surface area (Å²) in [5, 5.41) is 6.36. The van der Waals surface area contributed by atoms with E-state index in [4.69, 9.17) is 14.2 Å². The minimum atomic E-state index is -0.306. The predicted molar refractivity (Wildman–Crippen MR) is 136 cm³/mol. The molecule has 0 atom stereocenters. The van der Waals surface area contributed by atoms with Crippen LogP contribution in [0.5, 0.6) is 11.5 Å². The molecule has 2 aromatic carbocycles. The summed E-state index contributed by atoms with van der Waals surface area (Å²) in [6.07, 6.45) is 0. The van der Waals surface area contributed by atoms with Gasteiger partial charge in [-0.15, -0.1) is 0 Å². The molecule has 0 bridgehead atoms. The summed E-state index contributed by atoms with van der Waals surface area (Å²) in [7, 11) is 0. The Kier molecular flexibility index (Phi) is 8.86. The summed E-state index contributed by atoms with van der Waals surface area (Å²) in [6.45, 7) is 12.2. The van der Waals surface area contributed by atoms with Gasteiger partial charge in [0.1, 0.15) is 0 Å². The number of nitrogens with zero attached hydrogens (tertiary/aromatic N) is 1. The van der Waals surface area contributed by atoms with E-state index in [0.29, 0.717) is 24.7 Å². The van der Waals surface area contributed by atoms with Gasteiger partial charge >= 0.3 is 0 Å². The Bertz CT molecular complexity index is 922. The lowest BCUT2D eigenvalue weighted by atomic mass is 10.1. The number of carbonyl (C=O) groups is 1. The Labute approximate surface area is 204 Å². The summed E-state index contributed by atoms with van der Waals surface area (Å²) < 4.78 is 17.9. The Morgan fingerprint density at radius 1 is 1.09 bits per heavy atom. The summed E-state index contributed by atoms with van der Waals surface area (Å²) in [5.41, 5.74) is 2.97. The van der Waals surface area contributed by atoms with E-state index in [1.54, 1.807) is 0 Å². The number of morpholine rings is 1. The maximum absolute atomic E-state index is 12.1. The van der Waals surface area contributed by atoms with E-state index in [1.807, 2.05) is 39.8 Å². The second-order valence-corrected chi connectivity index (χ2v) is 9.76. The molecule has 2 N–H and O–H groups in total. The molecule has 0 unspecified atom stereocenters. The number of amides is 1. The van der Waals surface area contributed by atoms with Crippen LogP contribution < -0.4 is 25.0 Å². The van der Waals surface area contributed by atoms with Crippen molar-refractivity contribution in [2.75, 3.05) is 49.7 Å². The number of nitrogens with one attached hydrogen (secondary N) is 2.